The van der Waals surface area contributed by atoms with Gasteiger partial charge in [0.1, 0.15) is 0 Å². The van der Waals surface area contributed by atoms with Crippen molar-refractivity contribution in [3.8, 4) is 0 Å². The Morgan fingerprint density at radius 2 is 2.38 bits per heavy atom. The van der Waals surface area contributed by atoms with Crippen molar-refractivity contribution in [3.63, 3.8) is 0 Å². The summed E-state index contributed by atoms with van der Waals surface area (Å²) in [6.07, 6.45) is 6.07. The maximum Gasteiger partial charge on any atom is 0.0950 e. The lowest BCUT2D eigenvalue weighted by Crippen LogP contribution is -2.38. The van der Waals surface area contributed by atoms with E-state index in [0.29, 0.717) is 18.5 Å². The van der Waals surface area contributed by atoms with E-state index >= 15 is 0 Å². The number of likely N-dealkylation sites (tertiary alicyclic amines) is 1. The van der Waals surface area contributed by atoms with Crippen LogP contribution in [0, 0.1) is 5.92 Å². The Bertz CT molecular complexity index is 334. The number of hydrogen-bond donors (Lipinski definition) is 1. The SMILES string of the molecule is CC1CN(C)CCC1n1cncc1CCN. The lowest BCUT2D eigenvalue weighted by atomic mass is 9.93. The van der Waals surface area contributed by atoms with Crippen LogP contribution in [-0.2, 0) is 6.42 Å². The molecule has 0 aromatic carbocycles. The number of nitrogens with two attached hydrogens (primary N) is 1. The molecule has 0 aliphatic carbocycles. The van der Waals surface area contributed by atoms with Crippen molar-refractivity contribution in [2.45, 2.75) is 25.8 Å². The highest BCUT2D eigenvalue weighted by Gasteiger charge is 2.26. The van der Waals surface area contributed by atoms with Crippen molar-refractivity contribution in [2.75, 3.05) is 26.7 Å². The highest BCUT2D eigenvalue weighted by atomic mass is 15.2. The molecule has 2 rings (SSSR count). The lowest BCUT2D eigenvalue weighted by molar-refractivity contribution is 0.157. The minimum atomic E-state index is 0.597. The molecule has 16 heavy (non-hydrogen) atoms. The predicted octanol–water partition coefficient (Wildman–Crippen LogP) is 0.897. The van der Waals surface area contributed by atoms with E-state index in [9.17, 15) is 0 Å². The summed E-state index contributed by atoms with van der Waals surface area (Å²) in [5.41, 5.74) is 6.91. The largest absolute Gasteiger partial charge is 0.331 e. The fourth-order valence-electron chi connectivity index (χ4n) is 2.73. The number of hydrogen-bond acceptors (Lipinski definition) is 3. The fourth-order valence-corrected chi connectivity index (χ4v) is 2.73. The molecule has 2 unspecified atom stereocenters. The van der Waals surface area contributed by atoms with E-state index in [1.807, 2.05) is 12.5 Å². The molecule has 0 radical (unpaired) electrons. The van der Waals surface area contributed by atoms with Crippen LogP contribution in [0.5, 0.6) is 0 Å². The van der Waals surface area contributed by atoms with Crippen LogP contribution in [0.1, 0.15) is 25.1 Å². The molecule has 1 saturated heterocycles. The van der Waals surface area contributed by atoms with Crippen LogP contribution >= 0.6 is 0 Å². The Balaban J connectivity index is 2.13. The maximum absolute atomic E-state index is 5.63. The summed E-state index contributed by atoms with van der Waals surface area (Å²) in [6, 6.07) is 0.597. The van der Waals surface area contributed by atoms with E-state index < -0.39 is 0 Å². The lowest BCUT2D eigenvalue weighted by Gasteiger charge is -2.36. The number of aromatic nitrogens is 2. The first-order chi connectivity index (χ1) is 7.72. The Hall–Kier alpha value is -0.870. The summed E-state index contributed by atoms with van der Waals surface area (Å²) in [7, 11) is 2.20. The van der Waals surface area contributed by atoms with Gasteiger partial charge in [0.2, 0.25) is 0 Å². The highest BCUT2D eigenvalue weighted by Crippen LogP contribution is 2.28. The zero-order valence-corrected chi connectivity index (χ0v) is 10.3. The summed E-state index contributed by atoms with van der Waals surface area (Å²) in [6.45, 7) is 5.37. The quantitative estimate of drug-likeness (QED) is 0.826. The number of imidazole rings is 1. The van der Waals surface area contributed by atoms with Crippen LogP contribution < -0.4 is 5.73 Å². The van der Waals surface area contributed by atoms with E-state index in [4.69, 9.17) is 5.73 Å². The average molecular weight is 222 g/mol. The van der Waals surface area contributed by atoms with Gasteiger partial charge in [-0.1, -0.05) is 6.92 Å². The first-order valence-electron chi connectivity index (χ1n) is 6.11. The Kier molecular flexibility index (Phi) is 3.61. The standard InChI is InChI=1S/C12H22N4/c1-10-8-15(2)6-4-12(10)16-9-14-7-11(16)3-5-13/h7,9-10,12H,3-6,8,13H2,1-2H3. The van der Waals surface area contributed by atoms with Gasteiger partial charge in [-0.3, -0.25) is 0 Å². The van der Waals surface area contributed by atoms with Gasteiger partial charge in [-0.2, -0.15) is 0 Å². The third kappa shape index (κ3) is 2.28. The predicted molar refractivity (Wildman–Crippen MR) is 65.3 cm³/mol. The first kappa shape index (κ1) is 11.6. The zero-order chi connectivity index (χ0) is 11.5. The summed E-state index contributed by atoms with van der Waals surface area (Å²) in [5, 5.41) is 0. The van der Waals surface area contributed by atoms with Crippen molar-refractivity contribution in [1.29, 1.82) is 0 Å². The van der Waals surface area contributed by atoms with Gasteiger partial charge in [-0.05, 0) is 32.5 Å². The second kappa shape index (κ2) is 4.97. The molecule has 0 bridgehead atoms. The van der Waals surface area contributed by atoms with E-state index in [2.05, 4.69) is 28.4 Å². The van der Waals surface area contributed by atoms with Crippen molar-refractivity contribution >= 4 is 0 Å². The van der Waals surface area contributed by atoms with Crippen LogP contribution in [0.25, 0.3) is 0 Å². The van der Waals surface area contributed by atoms with Crippen molar-refractivity contribution < 1.29 is 0 Å². The molecule has 1 aliphatic heterocycles. The molecule has 0 amide bonds. The van der Waals surface area contributed by atoms with Crippen LogP contribution in [-0.4, -0.2) is 41.1 Å². The van der Waals surface area contributed by atoms with E-state index in [-0.39, 0.29) is 0 Å². The van der Waals surface area contributed by atoms with Gasteiger partial charge >= 0.3 is 0 Å². The van der Waals surface area contributed by atoms with Crippen molar-refractivity contribution in [1.82, 2.24) is 14.5 Å². The van der Waals surface area contributed by atoms with E-state index in [1.54, 1.807) is 0 Å². The smallest absolute Gasteiger partial charge is 0.0950 e. The van der Waals surface area contributed by atoms with Crippen molar-refractivity contribution in [3.05, 3.63) is 18.2 Å². The Morgan fingerprint density at radius 3 is 3.06 bits per heavy atom. The van der Waals surface area contributed by atoms with Gasteiger partial charge in [0.15, 0.2) is 0 Å². The minimum Gasteiger partial charge on any atom is -0.331 e. The van der Waals surface area contributed by atoms with Crippen LogP contribution in [0.15, 0.2) is 12.5 Å². The molecular weight excluding hydrogens is 200 g/mol. The molecule has 1 aromatic rings. The van der Waals surface area contributed by atoms with Crippen molar-refractivity contribution in [2.24, 2.45) is 11.7 Å². The van der Waals surface area contributed by atoms with Crippen LogP contribution in [0.4, 0.5) is 0 Å². The Morgan fingerprint density at radius 1 is 1.56 bits per heavy atom. The molecular formula is C12H22N4. The first-order valence-corrected chi connectivity index (χ1v) is 6.11. The molecule has 2 heterocycles. The van der Waals surface area contributed by atoms with Gasteiger partial charge in [0, 0.05) is 30.9 Å². The molecule has 0 saturated carbocycles. The third-order valence-corrected chi connectivity index (χ3v) is 3.57. The van der Waals surface area contributed by atoms with Gasteiger partial charge in [-0.25, -0.2) is 4.98 Å². The number of piperidine rings is 1. The van der Waals surface area contributed by atoms with Gasteiger partial charge in [0.25, 0.3) is 0 Å². The second-order valence-electron chi connectivity index (χ2n) is 4.93. The van der Waals surface area contributed by atoms with Gasteiger partial charge in [0.05, 0.1) is 6.33 Å². The zero-order valence-electron chi connectivity index (χ0n) is 10.3. The molecule has 1 aromatic heterocycles. The Labute approximate surface area is 97.4 Å². The molecule has 4 nitrogen and oxygen atoms in total. The fraction of sp³-hybridized carbons (Fsp3) is 0.750. The number of rotatable bonds is 3. The maximum atomic E-state index is 5.63. The van der Waals surface area contributed by atoms with Crippen LogP contribution in [0.2, 0.25) is 0 Å². The summed E-state index contributed by atoms with van der Waals surface area (Å²) in [4.78, 5) is 6.67. The normalized spacial score (nSPS) is 27.2. The molecule has 2 N–H and O–H groups in total. The van der Waals surface area contributed by atoms with E-state index in [0.717, 1.165) is 6.42 Å². The topological polar surface area (TPSA) is 47.1 Å². The summed E-state index contributed by atoms with van der Waals surface area (Å²) in [5.74, 6) is 0.685. The minimum absolute atomic E-state index is 0.597. The third-order valence-electron chi connectivity index (χ3n) is 3.57. The molecule has 0 spiro atoms. The summed E-state index contributed by atoms with van der Waals surface area (Å²) >= 11 is 0. The van der Waals surface area contributed by atoms with Gasteiger partial charge < -0.3 is 15.2 Å². The van der Waals surface area contributed by atoms with Crippen LogP contribution in [0.3, 0.4) is 0 Å². The molecule has 1 aliphatic rings. The molecule has 1 fully saturated rings. The average Bonchev–Trinajstić information content (AvgIpc) is 2.67. The number of nitrogens with zero attached hydrogens (tertiary/aromatic N) is 3. The van der Waals surface area contributed by atoms with E-state index in [1.165, 1.54) is 25.2 Å². The monoisotopic (exact) mass is 222 g/mol. The second-order valence-corrected chi connectivity index (χ2v) is 4.93. The molecule has 90 valence electrons. The summed E-state index contributed by atoms with van der Waals surface area (Å²) < 4.78 is 2.34. The molecule has 4 heteroatoms. The van der Waals surface area contributed by atoms with Gasteiger partial charge in [-0.15, -0.1) is 0 Å². The highest BCUT2D eigenvalue weighted by molar-refractivity contribution is 5.02. The molecule has 2 atom stereocenters.